The van der Waals surface area contributed by atoms with Crippen molar-refractivity contribution in [3.8, 4) is 5.75 Å². The number of benzene rings is 1. The van der Waals surface area contributed by atoms with Crippen LogP contribution in [0.15, 0.2) is 29.3 Å². The van der Waals surface area contributed by atoms with Crippen LogP contribution in [-0.2, 0) is 6.42 Å². The highest BCUT2D eigenvalue weighted by molar-refractivity contribution is 7.99. The van der Waals surface area contributed by atoms with Crippen LogP contribution >= 0.6 is 11.8 Å². The Morgan fingerprint density at radius 3 is 2.95 bits per heavy atom. The number of nitrogens with zero attached hydrogens (tertiary/aromatic N) is 1. The van der Waals surface area contributed by atoms with E-state index >= 15 is 0 Å². The second kappa shape index (κ2) is 7.27. The molecule has 3 rings (SSSR count). The number of hydrogen-bond donors (Lipinski definition) is 2. The van der Waals surface area contributed by atoms with Gasteiger partial charge in [-0.2, -0.15) is 11.8 Å². The molecular weight excluding hydrogens is 294 g/mol. The molecule has 0 saturated heterocycles. The number of ether oxygens (including phenoxy) is 1. The van der Waals surface area contributed by atoms with Gasteiger partial charge in [-0.3, -0.25) is 4.99 Å². The van der Waals surface area contributed by atoms with Gasteiger partial charge in [0.05, 0.1) is 6.54 Å². The molecule has 0 amide bonds. The predicted octanol–water partition coefficient (Wildman–Crippen LogP) is 2.44. The minimum absolute atomic E-state index is 0.193. The Morgan fingerprint density at radius 2 is 2.23 bits per heavy atom. The number of guanidine groups is 1. The zero-order valence-corrected chi connectivity index (χ0v) is 14.2. The first-order valence-electron chi connectivity index (χ1n) is 8.03. The number of thioether (sulfide) groups is 1. The monoisotopic (exact) mass is 319 g/mol. The Kier molecular flexibility index (Phi) is 5.13. The van der Waals surface area contributed by atoms with Crippen molar-refractivity contribution in [2.45, 2.75) is 43.1 Å². The Hall–Kier alpha value is -1.36. The quantitative estimate of drug-likeness (QED) is 0.661. The topological polar surface area (TPSA) is 45.7 Å². The first kappa shape index (κ1) is 15.5. The minimum atomic E-state index is 0.193. The third-order valence-electron chi connectivity index (χ3n) is 4.49. The first-order valence-corrected chi connectivity index (χ1v) is 9.32. The molecular formula is C17H25N3OS. The van der Waals surface area contributed by atoms with Crippen LogP contribution in [0.25, 0.3) is 0 Å². The van der Waals surface area contributed by atoms with Gasteiger partial charge in [0, 0.05) is 24.8 Å². The van der Waals surface area contributed by atoms with E-state index in [4.69, 9.17) is 4.74 Å². The molecule has 1 saturated carbocycles. The highest BCUT2D eigenvalue weighted by Gasteiger charge is 2.25. The fourth-order valence-corrected chi connectivity index (χ4v) is 4.05. The predicted molar refractivity (Wildman–Crippen MR) is 94.0 cm³/mol. The van der Waals surface area contributed by atoms with Crippen molar-refractivity contribution in [3.63, 3.8) is 0 Å². The lowest BCUT2D eigenvalue weighted by molar-refractivity contribution is 0.234. The molecule has 1 aliphatic heterocycles. The van der Waals surface area contributed by atoms with E-state index in [9.17, 15) is 0 Å². The van der Waals surface area contributed by atoms with Crippen LogP contribution < -0.4 is 15.4 Å². The second-order valence-corrected chi connectivity index (χ2v) is 7.15. The molecule has 22 heavy (non-hydrogen) atoms. The molecule has 1 heterocycles. The largest absolute Gasteiger partial charge is 0.488 e. The summed E-state index contributed by atoms with van der Waals surface area (Å²) in [4.78, 5) is 4.34. The molecule has 2 N–H and O–H groups in total. The van der Waals surface area contributed by atoms with E-state index < -0.39 is 0 Å². The maximum atomic E-state index is 5.96. The molecule has 0 spiro atoms. The van der Waals surface area contributed by atoms with Gasteiger partial charge in [-0.05, 0) is 37.1 Å². The van der Waals surface area contributed by atoms with Crippen LogP contribution in [0.1, 0.15) is 24.8 Å². The van der Waals surface area contributed by atoms with E-state index in [0.29, 0.717) is 6.04 Å². The standard InChI is InChI=1S/C17H25N3OS/c1-18-17(20-13-7-8-15(10-13)22-2)19-11-14-9-12-5-3-4-6-16(12)21-14/h3-6,13-15H,7-11H2,1-2H3,(H2,18,19,20). The smallest absolute Gasteiger partial charge is 0.191 e. The normalized spacial score (nSPS) is 27.4. The van der Waals surface area contributed by atoms with Crippen LogP contribution in [0.3, 0.4) is 0 Å². The van der Waals surface area contributed by atoms with Crippen molar-refractivity contribution in [2.75, 3.05) is 19.8 Å². The molecule has 4 nitrogen and oxygen atoms in total. The number of rotatable bonds is 4. The Morgan fingerprint density at radius 1 is 1.36 bits per heavy atom. The number of para-hydroxylation sites is 1. The molecule has 2 aliphatic rings. The van der Waals surface area contributed by atoms with E-state index in [1.54, 1.807) is 0 Å². The number of hydrogen-bond acceptors (Lipinski definition) is 3. The van der Waals surface area contributed by atoms with E-state index in [1.807, 2.05) is 30.9 Å². The van der Waals surface area contributed by atoms with Crippen molar-refractivity contribution in [3.05, 3.63) is 29.8 Å². The summed E-state index contributed by atoms with van der Waals surface area (Å²) in [5.74, 6) is 1.92. The average molecular weight is 319 g/mol. The molecule has 1 aromatic rings. The molecule has 3 atom stereocenters. The molecule has 1 fully saturated rings. The number of fused-ring (bicyclic) bond motifs is 1. The summed E-state index contributed by atoms with van der Waals surface area (Å²) in [6, 6.07) is 8.83. The van der Waals surface area contributed by atoms with Crippen LogP contribution in [-0.4, -0.2) is 43.2 Å². The van der Waals surface area contributed by atoms with Gasteiger partial charge in [0.15, 0.2) is 5.96 Å². The van der Waals surface area contributed by atoms with Crippen LogP contribution in [0.5, 0.6) is 5.75 Å². The van der Waals surface area contributed by atoms with Gasteiger partial charge in [-0.15, -0.1) is 0 Å². The van der Waals surface area contributed by atoms with E-state index in [1.165, 1.54) is 24.8 Å². The summed E-state index contributed by atoms with van der Waals surface area (Å²) in [5, 5.41) is 7.75. The summed E-state index contributed by atoms with van der Waals surface area (Å²) in [7, 11) is 1.83. The number of nitrogens with one attached hydrogen (secondary N) is 2. The maximum absolute atomic E-state index is 5.96. The van der Waals surface area contributed by atoms with Gasteiger partial charge in [-0.25, -0.2) is 0 Å². The Balaban J connectivity index is 1.45. The van der Waals surface area contributed by atoms with Crippen LogP contribution in [0, 0.1) is 0 Å². The van der Waals surface area contributed by atoms with Crippen LogP contribution in [0.2, 0.25) is 0 Å². The molecule has 1 aromatic carbocycles. The Bertz CT molecular complexity index is 509. The minimum Gasteiger partial charge on any atom is -0.488 e. The molecule has 1 aliphatic carbocycles. The SMILES string of the molecule is CN=C(NCC1Cc2ccccc2O1)NC1CCC(SC)C1. The lowest BCUT2D eigenvalue weighted by atomic mass is 10.1. The lowest BCUT2D eigenvalue weighted by Gasteiger charge is -2.19. The van der Waals surface area contributed by atoms with E-state index in [2.05, 4.69) is 34.0 Å². The van der Waals surface area contributed by atoms with E-state index in [0.717, 1.165) is 29.9 Å². The van der Waals surface area contributed by atoms with Crippen molar-refractivity contribution in [2.24, 2.45) is 4.99 Å². The fraction of sp³-hybridized carbons (Fsp3) is 0.588. The van der Waals surface area contributed by atoms with Crippen molar-refractivity contribution in [1.82, 2.24) is 10.6 Å². The molecule has 0 radical (unpaired) electrons. The van der Waals surface area contributed by atoms with E-state index in [-0.39, 0.29) is 6.10 Å². The molecule has 120 valence electrons. The van der Waals surface area contributed by atoms with Gasteiger partial charge in [0.1, 0.15) is 11.9 Å². The molecule has 0 aromatic heterocycles. The van der Waals surface area contributed by atoms with Crippen molar-refractivity contribution < 1.29 is 4.74 Å². The fourth-order valence-electron chi connectivity index (χ4n) is 3.25. The van der Waals surface area contributed by atoms with Gasteiger partial charge >= 0.3 is 0 Å². The molecule has 5 heteroatoms. The average Bonchev–Trinajstić information content (AvgIpc) is 3.17. The number of aliphatic imine (C=N–C) groups is 1. The van der Waals surface area contributed by atoms with Gasteiger partial charge in [0.2, 0.25) is 0 Å². The zero-order chi connectivity index (χ0) is 15.4. The summed E-state index contributed by atoms with van der Waals surface area (Å²) in [5.41, 5.74) is 1.30. The van der Waals surface area contributed by atoms with Crippen molar-refractivity contribution >= 4 is 17.7 Å². The highest BCUT2D eigenvalue weighted by atomic mass is 32.2. The van der Waals surface area contributed by atoms with Gasteiger partial charge in [0.25, 0.3) is 0 Å². The van der Waals surface area contributed by atoms with Gasteiger partial charge < -0.3 is 15.4 Å². The van der Waals surface area contributed by atoms with Gasteiger partial charge in [-0.1, -0.05) is 18.2 Å². The lowest BCUT2D eigenvalue weighted by Crippen LogP contribution is -2.45. The van der Waals surface area contributed by atoms with Crippen LogP contribution in [0.4, 0.5) is 0 Å². The summed E-state index contributed by atoms with van der Waals surface area (Å²) in [6.45, 7) is 0.785. The third-order valence-corrected chi connectivity index (χ3v) is 5.59. The summed E-state index contributed by atoms with van der Waals surface area (Å²) >= 11 is 1.98. The zero-order valence-electron chi connectivity index (χ0n) is 13.3. The van der Waals surface area contributed by atoms with Crippen molar-refractivity contribution in [1.29, 1.82) is 0 Å². The third kappa shape index (κ3) is 3.69. The highest BCUT2D eigenvalue weighted by Crippen LogP contribution is 2.28. The Labute approximate surface area is 137 Å². The summed E-state index contributed by atoms with van der Waals surface area (Å²) in [6.07, 6.45) is 7.13. The first-order chi connectivity index (χ1) is 10.8. The summed E-state index contributed by atoms with van der Waals surface area (Å²) < 4.78 is 5.96. The maximum Gasteiger partial charge on any atom is 0.191 e. The second-order valence-electron chi connectivity index (χ2n) is 6.02. The molecule has 3 unspecified atom stereocenters. The molecule has 0 bridgehead atoms.